The number of rotatable bonds is 9. The van der Waals surface area contributed by atoms with Gasteiger partial charge in [0.15, 0.2) is 0 Å². The Bertz CT molecular complexity index is 145. The van der Waals surface area contributed by atoms with Gasteiger partial charge in [0.05, 0.1) is 25.5 Å². The molecule has 84 valence electrons. The molecule has 0 rings (SSSR count). The summed E-state index contributed by atoms with van der Waals surface area (Å²) in [6, 6.07) is 0. The largest absolute Gasteiger partial charge is 0.378 e. The van der Waals surface area contributed by atoms with Gasteiger partial charge in [0.1, 0.15) is 12.9 Å². The van der Waals surface area contributed by atoms with Crippen molar-refractivity contribution in [2.24, 2.45) is 5.73 Å². The lowest BCUT2D eigenvalue weighted by Gasteiger charge is -2.20. The number of ether oxygens (including phenoxy) is 2. The molecule has 0 fully saturated rings. The van der Waals surface area contributed by atoms with Gasteiger partial charge in [-0.05, 0) is 13.8 Å². The summed E-state index contributed by atoms with van der Waals surface area (Å²) in [7, 11) is 0. The summed E-state index contributed by atoms with van der Waals surface area (Å²) in [6.07, 6.45) is 0.721. The van der Waals surface area contributed by atoms with Crippen molar-refractivity contribution in [1.29, 1.82) is 0 Å². The third-order valence-electron chi connectivity index (χ3n) is 1.38. The lowest BCUT2D eigenvalue weighted by molar-refractivity contribution is -0.112. The smallest absolute Gasteiger partial charge is 0.145 e. The molecule has 0 heterocycles. The summed E-state index contributed by atoms with van der Waals surface area (Å²) in [6.45, 7) is 6.16. The van der Waals surface area contributed by atoms with Gasteiger partial charge in [-0.25, -0.2) is 0 Å². The second-order valence-electron chi connectivity index (χ2n) is 3.50. The van der Waals surface area contributed by atoms with E-state index in [-0.39, 0.29) is 12.3 Å². The fraction of sp³-hybridized carbons (Fsp3) is 0.889. The Labute approximate surface area is 84.9 Å². The molecule has 0 aliphatic rings. The van der Waals surface area contributed by atoms with E-state index < -0.39 is 0 Å². The average Bonchev–Trinajstić information content (AvgIpc) is 2.08. The van der Waals surface area contributed by atoms with Crippen LogP contribution in [0, 0.1) is 0 Å². The Balaban J connectivity index is 3.03. The first kappa shape index (κ1) is 13.5. The zero-order valence-electron chi connectivity index (χ0n) is 8.91. The highest BCUT2D eigenvalue weighted by molar-refractivity contribution is 5.50. The van der Waals surface area contributed by atoms with Gasteiger partial charge in [0, 0.05) is 6.54 Å². The Morgan fingerprint density at radius 1 is 1.29 bits per heavy atom. The van der Waals surface area contributed by atoms with Crippen molar-refractivity contribution in [3.8, 4) is 0 Å². The van der Waals surface area contributed by atoms with Crippen LogP contribution >= 0.6 is 0 Å². The zero-order valence-corrected chi connectivity index (χ0v) is 8.91. The number of carbonyl (C=O) groups excluding carboxylic acids is 1. The average molecular weight is 204 g/mol. The third kappa shape index (κ3) is 11.5. The Kier molecular flexibility index (Phi) is 7.60. The molecule has 0 saturated carbocycles. The fourth-order valence-corrected chi connectivity index (χ4v) is 0.797. The van der Waals surface area contributed by atoms with Gasteiger partial charge in [-0.1, -0.05) is 0 Å². The summed E-state index contributed by atoms with van der Waals surface area (Å²) in [4.78, 5) is 9.86. The SMILES string of the molecule is CC(C)(N)NCCOCCOCC=O. The minimum absolute atomic E-state index is 0.136. The maximum Gasteiger partial charge on any atom is 0.145 e. The minimum Gasteiger partial charge on any atom is -0.378 e. The van der Waals surface area contributed by atoms with Crippen molar-refractivity contribution < 1.29 is 14.3 Å². The predicted molar refractivity (Wildman–Crippen MR) is 54.0 cm³/mol. The van der Waals surface area contributed by atoms with Crippen molar-refractivity contribution in [3.63, 3.8) is 0 Å². The van der Waals surface area contributed by atoms with Crippen molar-refractivity contribution in [3.05, 3.63) is 0 Å². The highest BCUT2D eigenvalue weighted by Crippen LogP contribution is 1.87. The normalized spacial score (nSPS) is 11.6. The molecule has 0 aromatic carbocycles. The van der Waals surface area contributed by atoms with Crippen LogP contribution in [0.2, 0.25) is 0 Å². The van der Waals surface area contributed by atoms with E-state index in [0.29, 0.717) is 26.4 Å². The van der Waals surface area contributed by atoms with Crippen LogP contribution in [-0.4, -0.2) is 44.9 Å². The van der Waals surface area contributed by atoms with Crippen molar-refractivity contribution in [2.75, 3.05) is 33.0 Å². The van der Waals surface area contributed by atoms with E-state index in [0.717, 1.165) is 6.29 Å². The molecule has 0 aliphatic carbocycles. The molecule has 5 nitrogen and oxygen atoms in total. The van der Waals surface area contributed by atoms with Crippen LogP contribution in [0.4, 0.5) is 0 Å². The van der Waals surface area contributed by atoms with Gasteiger partial charge in [-0.2, -0.15) is 0 Å². The molecule has 0 aliphatic heterocycles. The molecule has 0 spiro atoms. The first-order valence-electron chi connectivity index (χ1n) is 4.69. The molecule has 0 saturated heterocycles. The zero-order chi connectivity index (χ0) is 10.9. The topological polar surface area (TPSA) is 73.6 Å². The lowest BCUT2D eigenvalue weighted by Crippen LogP contribution is -2.49. The Morgan fingerprint density at radius 3 is 2.50 bits per heavy atom. The van der Waals surface area contributed by atoms with E-state index in [1.54, 1.807) is 0 Å². The van der Waals surface area contributed by atoms with Crippen molar-refractivity contribution in [1.82, 2.24) is 5.32 Å². The number of carbonyl (C=O) groups is 1. The van der Waals surface area contributed by atoms with Crippen LogP contribution in [0.3, 0.4) is 0 Å². The van der Waals surface area contributed by atoms with E-state index >= 15 is 0 Å². The summed E-state index contributed by atoms with van der Waals surface area (Å²) in [5, 5.41) is 3.08. The van der Waals surface area contributed by atoms with E-state index in [9.17, 15) is 4.79 Å². The van der Waals surface area contributed by atoms with Gasteiger partial charge in [-0.3, -0.25) is 5.32 Å². The highest BCUT2D eigenvalue weighted by atomic mass is 16.5. The molecule has 0 radical (unpaired) electrons. The van der Waals surface area contributed by atoms with Crippen LogP contribution in [0.1, 0.15) is 13.8 Å². The minimum atomic E-state index is -0.364. The monoisotopic (exact) mass is 204 g/mol. The van der Waals surface area contributed by atoms with Gasteiger partial charge in [0.2, 0.25) is 0 Å². The van der Waals surface area contributed by atoms with E-state index in [1.165, 1.54) is 0 Å². The first-order chi connectivity index (χ1) is 6.56. The Hall–Kier alpha value is -0.490. The summed E-state index contributed by atoms with van der Waals surface area (Å²) in [5.74, 6) is 0. The summed E-state index contributed by atoms with van der Waals surface area (Å²) in [5.41, 5.74) is 5.32. The number of nitrogens with two attached hydrogens (primary N) is 1. The fourth-order valence-electron chi connectivity index (χ4n) is 0.797. The quantitative estimate of drug-likeness (QED) is 0.301. The second kappa shape index (κ2) is 7.87. The molecule has 0 atom stereocenters. The van der Waals surface area contributed by atoms with E-state index in [2.05, 4.69) is 5.32 Å². The number of aldehydes is 1. The van der Waals surface area contributed by atoms with Crippen LogP contribution in [0.5, 0.6) is 0 Å². The molecular weight excluding hydrogens is 184 g/mol. The van der Waals surface area contributed by atoms with Gasteiger partial charge in [0.25, 0.3) is 0 Å². The molecule has 0 amide bonds. The van der Waals surface area contributed by atoms with Gasteiger partial charge >= 0.3 is 0 Å². The highest BCUT2D eigenvalue weighted by Gasteiger charge is 2.07. The number of hydrogen-bond acceptors (Lipinski definition) is 5. The molecule has 0 unspecified atom stereocenters. The van der Waals surface area contributed by atoms with Crippen molar-refractivity contribution in [2.45, 2.75) is 19.5 Å². The van der Waals surface area contributed by atoms with Crippen LogP contribution in [-0.2, 0) is 14.3 Å². The number of hydrogen-bond donors (Lipinski definition) is 2. The summed E-state index contributed by atoms with van der Waals surface area (Å²) < 4.78 is 10.1. The second-order valence-corrected chi connectivity index (χ2v) is 3.50. The molecule has 0 bridgehead atoms. The first-order valence-corrected chi connectivity index (χ1v) is 4.69. The summed E-state index contributed by atoms with van der Waals surface area (Å²) >= 11 is 0. The molecule has 3 N–H and O–H groups in total. The lowest BCUT2D eigenvalue weighted by atomic mass is 10.3. The molecule has 14 heavy (non-hydrogen) atoms. The maximum absolute atomic E-state index is 9.86. The van der Waals surface area contributed by atoms with E-state index in [1.807, 2.05) is 13.8 Å². The predicted octanol–water partition coefficient (Wildman–Crippen LogP) is -0.497. The third-order valence-corrected chi connectivity index (χ3v) is 1.38. The maximum atomic E-state index is 9.86. The number of nitrogens with one attached hydrogen (secondary N) is 1. The molecule has 0 aromatic rings. The van der Waals surface area contributed by atoms with Gasteiger partial charge < -0.3 is 20.0 Å². The van der Waals surface area contributed by atoms with Gasteiger partial charge in [-0.15, -0.1) is 0 Å². The Morgan fingerprint density at radius 2 is 1.93 bits per heavy atom. The standard InChI is InChI=1S/C9H20N2O3/c1-9(2,10)11-3-5-13-7-8-14-6-4-12/h4,11H,3,5-8,10H2,1-2H3. The van der Waals surface area contributed by atoms with E-state index in [4.69, 9.17) is 15.2 Å². The van der Waals surface area contributed by atoms with Crippen LogP contribution in [0.15, 0.2) is 0 Å². The van der Waals surface area contributed by atoms with Crippen LogP contribution in [0.25, 0.3) is 0 Å². The van der Waals surface area contributed by atoms with Crippen LogP contribution < -0.4 is 11.1 Å². The molecule has 5 heteroatoms. The molecule has 0 aromatic heterocycles. The molecular formula is C9H20N2O3. The van der Waals surface area contributed by atoms with Crippen molar-refractivity contribution >= 4 is 6.29 Å².